The molecular weight excluding hydrogens is 205 g/mol. The Kier molecular flexibility index (Phi) is 3.92. The highest BCUT2D eigenvalue weighted by Gasteiger charge is 2.10. The molecule has 0 saturated heterocycles. The Balaban J connectivity index is 3.17. The van der Waals surface area contributed by atoms with Crippen molar-refractivity contribution < 1.29 is 9.13 Å². The monoisotopic (exact) mass is 215 g/mol. The topological polar surface area (TPSA) is 35.2 Å². The van der Waals surface area contributed by atoms with Crippen LogP contribution in [-0.2, 0) is 0 Å². The molecule has 0 aliphatic carbocycles. The van der Waals surface area contributed by atoms with Gasteiger partial charge in [-0.15, -0.1) is 0 Å². The minimum absolute atomic E-state index is 0.0479. The van der Waals surface area contributed by atoms with Gasteiger partial charge in [0.2, 0.25) is 0 Å². The van der Waals surface area contributed by atoms with E-state index in [1.165, 1.54) is 13.2 Å². The van der Waals surface area contributed by atoms with Crippen molar-refractivity contribution in [2.75, 3.05) is 13.7 Å². The Hall–Kier alpha value is -1.06. The number of methoxy groups -OCH3 is 1. The predicted octanol–water partition coefficient (Wildman–Crippen LogP) is 2.46. The first-order valence-corrected chi connectivity index (χ1v) is 4.47. The lowest BCUT2D eigenvalue weighted by atomic mass is 10.2. The normalized spacial score (nSPS) is 10.9. The van der Waals surface area contributed by atoms with Crippen LogP contribution in [0.15, 0.2) is 18.2 Å². The summed E-state index contributed by atoms with van der Waals surface area (Å²) in [6.07, 6.45) is 3.41. The van der Waals surface area contributed by atoms with Gasteiger partial charge in [0.1, 0.15) is 0 Å². The highest BCUT2D eigenvalue weighted by molar-refractivity contribution is 6.30. The number of hydrogen-bond donors (Lipinski definition) is 1. The molecule has 2 nitrogen and oxygen atoms in total. The van der Waals surface area contributed by atoms with Gasteiger partial charge in [-0.3, -0.25) is 0 Å². The van der Waals surface area contributed by atoms with E-state index in [0.717, 1.165) is 0 Å². The molecule has 1 aromatic carbocycles. The molecule has 1 rings (SSSR count). The zero-order valence-electron chi connectivity index (χ0n) is 7.76. The lowest BCUT2D eigenvalue weighted by Gasteiger charge is -2.06. The Morgan fingerprint density at radius 1 is 1.57 bits per heavy atom. The van der Waals surface area contributed by atoms with Crippen molar-refractivity contribution in [1.29, 1.82) is 0 Å². The maximum absolute atomic E-state index is 13.4. The third-order valence-electron chi connectivity index (χ3n) is 1.72. The van der Waals surface area contributed by atoms with Crippen LogP contribution in [0.25, 0.3) is 6.08 Å². The highest BCUT2D eigenvalue weighted by Crippen LogP contribution is 2.29. The first-order chi connectivity index (χ1) is 6.70. The average molecular weight is 216 g/mol. The summed E-state index contributed by atoms with van der Waals surface area (Å²) in [6, 6.07) is 3.16. The molecule has 0 unspecified atom stereocenters. The smallest absolute Gasteiger partial charge is 0.184 e. The Labute approximate surface area is 87.1 Å². The zero-order valence-corrected chi connectivity index (χ0v) is 8.51. The minimum Gasteiger partial charge on any atom is -0.493 e. The van der Waals surface area contributed by atoms with Gasteiger partial charge in [-0.1, -0.05) is 23.8 Å². The van der Waals surface area contributed by atoms with Gasteiger partial charge in [0.25, 0.3) is 0 Å². The number of benzene rings is 1. The first kappa shape index (κ1) is 11.0. The average Bonchev–Trinajstić information content (AvgIpc) is 2.20. The number of hydrogen-bond acceptors (Lipinski definition) is 2. The molecule has 1 aromatic rings. The molecule has 0 bridgehead atoms. The van der Waals surface area contributed by atoms with Crippen molar-refractivity contribution in [3.8, 4) is 5.75 Å². The third-order valence-corrected chi connectivity index (χ3v) is 2.01. The molecule has 2 N–H and O–H groups in total. The van der Waals surface area contributed by atoms with Crippen LogP contribution in [0.2, 0.25) is 5.02 Å². The second-order valence-electron chi connectivity index (χ2n) is 2.62. The second kappa shape index (κ2) is 4.98. The standard InChI is InChI=1S/C10H11ClFNO/c1-14-10-7(3-2-6-13)4-5-8(11)9(10)12/h2-5H,6,13H2,1H3/b3-2+. The van der Waals surface area contributed by atoms with E-state index in [0.29, 0.717) is 12.1 Å². The molecule has 14 heavy (non-hydrogen) atoms. The van der Waals surface area contributed by atoms with Crippen molar-refractivity contribution >= 4 is 17.7 Å². The van der Waals surface area contributed by atoms with Crippen LogP contribution in [0, 0.1) is 5.82 Å². The van der Waals surface area contributed by atoms with E-state index in [1.807, 2.05) is 0 Å². The van der Waals surface area contributed by atoms with Crippen LogP contribution < -0.4 is 10.5 Å². The second-order valence-corrected chi connectivity index (χ2v) is 3.03. The lowest BCUT2D eigenvalue weighted by molar-refractivity contribution is 0.385. The summed E-state index contributed by atoms with van der Waals surface area (Å²) in [7, 11) is 1.40. The summed E-state index contributed by atoms with van der Waals surface area (Å²) < 4.78 is 18.3. The van der Waals surface area contributed by atoms with Gasteiger partial charge in [-0.25, -0.2) is 4.39 Å². The van der Waals surface area contributed by atoms with Gasteiger partial charge in [-0.05, 0) is 12.1 Å². The molecule has 0 fully saturated rings. The molecule has 0 saturated carbocycles. The van der Waals surface area contributed by atoms with Crippen molar-refractivity contribution in [2.45, 2.75) is 0 Å². The van der Waals surface area contributed by atoms with E-state index in [2.05, 4.69) is 0 Å². The Morgan fingerprint density at radius 3 is 2.86 bits per heavy atom. The number of nitrogens with two attached hydrogens (primary N) is 1. The Morgan fingerprint density at radius 2 is 2.29 bits per heavy atom. The molecule has 0 aliphatic rings. The molecule has 0 aromatic heterocycles. The van der Waals surface area contributed by atoms with E-state index in [1.54, 1.807) is 18.2 Å². The molecule has 76 valence electrons. The molecule has 0 atom stereocenters. The van der Waals surface area contributed by atoms with Crippen LogP contribution in [0.5, 0.6) is 5.75 Å². The molecular formula is C10H11ClFNO. The van der Waals surface area contributed by atoms with Gasteiger partial charge >= 0.3 is 0 Å². The summed E-state index contributed by atoms with van der Waals surface area (Å²) >= 11 is 5.59. The summed E-state index contributed by atoms with van der Waals surface area (Å²) in [5.74, 6) is -0.407. The van der Waals surface area contributed by atoms with Crippen molar-refractivity contribution in [1.82, 2.24) is 0 Å². The van der Waals surface area contributed by atoms with Crippen LogP contribution in [0.1, 0.15) is 5.56 Å². The van der Waals surface area contributed by atoms with Gasteiger partial charge in [-0.2, -0.15) is 0 Å². The molecule has 0 spiro atoms. The third kappa shape index (κ3) is 2.25. The van der Waals surface area contributed by atoms with E-state index in [9.17, 15) is 4.39 Å². The molecule has 0 aliphatic heterocycles. The highest BCUT2D eigenvalue weighted by atomic mass is 35.5. The predicted molar refractivity (Wildman–Crippen MR) is 56.1 cm³/mol. The van der Waals surface area contributed by atoms with E-state index in [4.69, 9.17) is 22.1 Å². The SMILES string of the molecule is COc1c(/C=C/CN)ccc(Cl)c1F. The van der Waals surface area contributed by atoms with E-state index < -0.39 is 5.82 Å². The molecule has 0 radical (unpaired) electrons. The van der Waals surface area contributed by atoms with Gasteiger partial charge < -0.3 is 10.5 Å². The lowest BCUT2D eigenvalue weighted by Crippen LogP contribution is -1.94. The fraction of sp³-hybridized carbons (Fsp3) is 0.200. The van der Waals surface area contributed by atoms with Crippen LogP contribution in [-0.4, -0.2) is 13.7 Å². The van der Waals surface area contributed by atoms with Crippen molar-refractivity contribution in [3.63, 3.8) is 0 Å². The summed E-state index contributed by atoms with van der Waals surface area (Å²) in [5.41, 5.74) is 5.91. The fourth-order valence-electron chi connectivity index (χ4n) is 1.08. The summed E-state index contributed by atoms with van der Waals surface area (Å²) in [4.78, 5) is 0. The number of halogens is 2. The summed E-state index contributed by atoms with van der Waals surface area (Å²) in [6.45, 7) is 0.396. The van der Waals surface area contributed by atoms with Gasteiger partial charge in [0, 0.05) is 12.1 Å². The van der Waals surface area contributed by atoms with Crippen LogP contribution >= 0.6 is 11.6 Å². The van der Waals surface area contributed by atoms with Crippen molar-refractivity contribution in [3.05, 3.63) is 34.6 Å². The largest absolute Gasteiger partial charge is 0.493 e. The van der Waals surface area contributed by atoms with Crippen LogP contribution in [0.4, 0.5) is 4.39 Å². The fourth-order valence-corrected chi connectivity index (χ4v) is 1.23. The molecule has 0 amide bonds. The maximum atomic E-state index is 13.4. The van der Waals surface area contributed by atoms with Gasteiger partial charge in [0.05, 0.1) is 12.1 Å². The maximum Gasteiger partial charge on any atom is 0.184 e. The molecule has 4 heteroatoms. The van der Waals surface area contributed by atoms with Gasteiger partial charge in [0.15, 0.2) is 11.6 Å². The zero-order chi connectivity index (χ0) is 10.6. The number of ether oxygens (including phenoxy) is 1. The van der Waals surface area contributed by atoms with E-state index >= 15 is 0 Å². The first-order valence-electron chi connectivity index (χ1n) is 4.09. The minimum atomic E-state index is -0.548. The number of rotatable bonds is 3. The quantitative estimate of drug-likeness (QED) is 0.841. The molecule has 0 heterocycles. The van der Waals surface area contributed by atoms with Crippen LogP contribution in [0.3, 0.4) is 0 Å². The Bertz CT molecular complexity index is 352. The summed E-state index contributed by atoms with van der Waals surface area (Å²) in [5, 5.41) is 0.0479. The van der Waals surface area contributed by atoms with E-state index in [-0.39, 0.29) is 10.8 Å². The van der Waals surface area contributed by atoms with Crippen molar-refractivity contribution in [2.24, 2.45) is 5.73 Å².